The maximum absolute atomic E-state index is 12.1. The van der Waals surface area contributed by atoms with E-state index in [1.54, 1.807) is 6.92 Å². The highest BCUT2D eigenvalue weighted by Gasteiger charge is 2.15. The summed E-state index contributed by atoms with van der Waals surface area (Å²) in [5.74, 6) is 0.866. The van der Waals surface area contributed by atoms with Gasteiger partial charge >= 0.3 is 0 Å². The molecule has 0 amide bonds. The minimum absolute atomic E-state index is 0.0580. The van der Waals surface area contributed by atoms with E-state index >= 15 is 0 Å². The maximum atomic E-state index is 12.1. The monoisotopic (exact) mass is 342 g/mol. The maximum Gasteiger partial charge on any atom is 0.160 e. The summed E-state index contributed by atoms with van der Waals surface area (Å²) in [6.45, 7) is 4.09. The lowest BCUT2D eigenvalue weighted by molar-refractivity contribution is 0.101. The van der Waals surface area contributed by atoms with Crippen molar-refractivity contribution in [1.29, 1.82) is 0 Å². The Hall–Kier alpha value is -3.13. The van der Waals surface area contributed by atoms with E-state index in [1.807, 2.05) is 91.9 Å². The fourth-order valence-corrected chi connectivity index (χ4v) is 3.03. The molecule has 2 nitrogen and oxygen atoms in total. The molecule has 0 heterocycles. The molecule has 3 rings (SSSR count). The van der Waals surface area contributed by atoms with Gasteiger partial charge in [0.05, 0.1) is 0 Å². The summed E-state index contributed by atoms with van der Waals surface area (Å²) < 4.78 is 6.10. The van der Waals surface area contributed by atoms with Crippen molar-refractivity contribution >= 4 is 11.4 Å². The van der Waals surface area contributed by atoms with Crippen LogP contribution in [-0.4, -0.2) is 5.78 Å². The van der Waals surface area contributed by atoms with Crippen molar-refractivity contribution in [2.45, 2.75) is 20.5 Å². The molecule has 0 unspecified atom stereocenters. The Morgan fingerprint density at radius 1 is 0.808 bits per heavy atom. The van der Waals surface area contributed by atoms with Gasteiger partial charge in [0.1, 0.15) is 12.4 Å². The van der Waals surface area contributed by atoms with Crippen LogP contribution in [0.15, 0.2) is 84.9 Å². The quantitative estimate of drug-likeness (QED) is 0.520. The summed E-state index contributed by atoms with van der Waals surface area (Å²) in [6.07, 6.45) is 2.03. The van der Waals surface area contributed by atoms with E-state index < -0.39 is 0 Å². The van der Waals surface area contributed by atoms with E-state index in [2.05, 4.69) is 0 Å². The van der Waals surface area contributed by atoms with Gasteiger partial charge in [-0.05, 0) is 36.6 Å². The number of Topliss-reactive ketones (excluding diaryl/α,β-unsaturated/α-hetero) is 1. The minimum Gasteiger partial charge on any atom is -0.488 e. The molecule has 0 atom stereocenters. The van der Waals surface area contributed by atoms with E-state index in [-0.39, 0.29) is 5.78 Å². The van der Waals surface area contributed by atoms with Gasteiger partial charge in [0.2, 0.25) is 0 Å². The lowest BCUT2D eigenvalue weighted by Crippen LogP contribution is -2.02. The second-order valence-corrected chi connectivity index (χ2v) is 6.07. The van der Waals surface area contributed by atoms with Gasteiger partial charge in [-0.25, -0.2) is 0 Å². The van der Waals surface area contributed by atoms with Gasteiger partial charge in [0, 0.05) is 11.1 Å². The molecule has 26 heavy (non-hydrogen) atoms. The summed E-state index contributed by atoms with van der Waals surface area (Å²) in [7, 11) is 0. The average Bonchev–Trinajstić information content (AvgIpc) is 2.69. The van der Waals surface area contributed by atoms with Gasteiger partial charge in [-0.1, -0.05) is 78.9 Å². The number of ether oxygens (including phenoxy) is 1. The SMILES string of the molecule is C/C=C(/c1ccccc1OCc1ccccc1)c1ccccc1C(C)=O. The standard InChI is InChI=1S/C24H22O2/c1-3-20(22-14-8-7-13-21(22)18(2)25)23-15-9-10-16-24(23)26-17-19-11-5-4-6-12-19/h3-16H,17H2,1-2H3/b20-3+. The third kappa shape index (κ3) is 3.92. The Morgan fingerprint density at radius 3 is 2.04 bits per heavy atom. The van der Waals surface area contributed by atoms with E-state index in [9.17, 15) is 4.79 Å². The van der Waals surface area contributed by atoms with E-state index in [0.29, 0.717) is 6.61 Å². The van der Waals surface area contributed by atoms with Crippen LogP contribution in [0.2, 0.25) is 0 Å². The molecule has 0 radical (unpaired) electrons. The third-order valence-corrected chi connectivity index (χ3v) is 4.30. The Bertz CT molecular complexity index is 924. The molecule has 2 heteroatoms. The topological polar surface area (TPSA) is 26.3 Å². The number of ketones is 1. The van der Waals surface area contributed by atoms with Gasteiger partial charge in [-0.3, -0.25) is 4.79 Å². The van der Waals surface area contributed by atoms with Crippen LogP contribution in [-0.2, 0) is 6.61 Å². The summed E-state index contributed by atoms with van der Waals surface area (Å²) in [5, 5.41) is 0. The molecule has 3 aromatic rings. The summed E-state index contributed by atoms with van der Waals surface area (Å²) in [4.78, 5) is 12.1. The number of allylic oxidation sites excluding steroid dienone is 1. The van der Waals surface area contributed by atoms with Gasteiger partial charge in [0.15, 0.2) is 5.78 Å². The van der Waals surface area contributed by atoms with E-state index in [4.69, 9.17) is 4.74 Å². The molecule has 0 N–H and O–H groups in total. The third-order valence-electron chi connectivity index (χ3n) is 4.30. The zero-order valence-electron chi connectivity index (χ0n) is 15.1. The first-order valence-electron chi connectivity index (χ1n) is 8.73. The molecule has 0 aliphatic rings. The van der Waals surface area contributed by atoms with Gasteiger partial charge in [-0.15, -0.1) is 0 Å². The minimum atomic E-state index is 0.0580. The number of para-hydroxylation sites is 1. The van der Waals surface area contributed by atoms with Crippen molar-refractivity contribution in [1.82, 2.24) is 0 Å². The smallest absolute Gasteiger partial charge is 0.160 e. The first-order valence-corrected chi connectivity index (χ1v) is 8.73. The summed E-state index contributed by atoms with van der Waals surface area (Å²) in [6, 6.07) is 25.8. The van der Waals surface area contributed by atoms with E-state index in [1.165, 1.54) is 0 Å². The zero-order chi connectivity index (χ0) is 18.4. The molecule has 0 fully saturated rings. The zero-order valence-corrected chi connectivity index (χ0v) is 15.1. The van der Waals surface area contributed by atoms with Crippen LogP contribution in [0.1, 0.15) is 40.9 Å². The highest BCUT2D eigenvalue weighted by Crippen LogP contribution is 2.33. The van der Waals surface area contributed by atoms with Crippen LogP contribution in [0.4, 0.5) is 0 Å². The first-order chi connectivity index (χ1) is 12.7. The Labute approximate surface area is 154 Å². The van der Waals surface area contributed by atoms with Crippen LogP contribution in [0.5, 0.6) is 5.75 Å². The predicted octanol–water partition coefficient (Wildman–Crippen LogP) is 5.92. The lowest BCUT2D eigenvalue weighted by Gasteiger charge is -2.16. The molecular weight excluding hydrogens is 320 g/mol. The lowest BCUT2D eigenvalue weighted by atomic mass is 9.92. The molecule has 3 aromatic carbocycles. The van der Waals surface area contributed by atoms with Crippen molar-refractivity contribution < 1.29 is 9.53 Å². The van der Waals surface area contributed by atoms with Crippen molar-refractivity contribution in [2.24, 2.45) is 0 Å². The molecule has 0 spiro atoms. The molecule has 0 aliphatic heterocycles. The van der Waals surface area contributed by atoms with Crippen LogP contribution < -0.4 is 4.74 Å². The summed E-state index contributed by atoms with van der Waals surface area (Å²) in [5.41, 5.74) is 4.75. The fraction of sp³-hybridized carbons (Fsp3) is 0.125. The van der Waals surface area contributed by atoms with Crippen LogP contribution in [0, 0.1) is 0 Å². The summed E-state index contributed by atoms with van der Waals surface area (Å²) >= 11 is 0. The number of rotatable bonds is 6. The Balaban J connectivity index is 1.97. The fourth-order valence-electron chi connectivity index (χ4n) is 3.03. The average molecular weight is 342 g/mol. The second-order valence-electron chi connectivity index (χ2n) is 6.07. The highest BCUT2D eigenvalue weighted by molar-refractivity contribution is 6.01. The number of benzene rings is 3. The molecule has 0 aromatic heterocycles. The van der Waals surface area contributed by atoms with Crippen LogP contribution >= 0.6 is 0 Å². The van der Waals surface area contributed by atoms with Gasteiger partial charge < -0.3 is 4.74 Å². The van der Waals surface area contributed by atoms with Crippen molar-refractivity contribution in [2.75, 3.05) is 0 Å². The van der Waals surface area contributed by atoms with Gasteiger partial charge in [0.25, 0.3) is 0 Å². The Kier molecular flexibility index (Phi) is 5.65. The van der Waals surface area contributed by atoms with Crippen molar-refractivity contribution in [3.05, 3.63) is 107 Å². The largest absolute Gasteiger partial charge is 0.488 e. The predicted molar refractivity (Wildman–Crippen MR) is 106 cm³/mol. The normalized spacial score (nSPS) is 11.2. The van der Waals surface area contributed by atoms with Crippen molar-refractivity contribution in [3.8, 4) is 5.75 Å². The van der Waals surface area contributed by atoms with Crippen LogP contribution in [0.3, 0.4) is 0 Å². The number of carbonyl (C=O) groups is 1. The Morgan fingerprint density at radius 2 is 1.38 bits per heavy atom. The molecular formula is C24H22O2. The number of hydrogen-bond acceptors (Lipinski definition) is 2. The van der Waals surface area contributed by atoms with Crippen molar-refractivity contribution in [3.63, 3.8) is 0 Å². The first kappa shape index (κ1) is 17.7. The molecule has 0 bridgehead atoms. The number of carbonyl (C=O) groups excluding carboxylic acids is 1. The molecule has 0 saturated heterocycles. The number of hydrogen-bond donors (Lipinski definition) is 0. The second kappa shape index (κ2) is 8.30. The molecule has 0 saturated carbocycles. The molecule has 0 aliphatic carbocycles. The van der Waals surface area contributed by atoms with Crippen LogP contribution in [0.25, 0.3) is 5.57 Å². The van der Waals surface area contributed by atoms with E-state index in [0.717, 1.165) is 33.6 Å². The highest BCUT2D eigenvalue weighted by atomic mass is 16.5. The van der Waals surface area contributed by atoms with Gasteiger partial charge in [-0.2, -0.15) is 0 Å². The molecule has 130 valence electrons.